The number of hydrogen-bond donors (Lipinski definition) is 3. The fourth-order valence-electron chi connectivity index (χ4n) is 5.57. The highest BCUT2D eigenvalue weighted by atomic mass is 32.1. The lowest BCUT2D eigenvalue weighted by Gasteiger charge is -2.20. The quantitative estimate of drug-likeness (QED) is 0.208. The van der Waals surface area contributed by atoms with Crippen molar-refractivity contribution in [3.8, 4) is 33.2 Å². The summed E-state index contributed by atoms with van der Waals surface area (Å²) in [4.78, 5) is 36.8. The van der Waals surface area contributed by atoms with Crippen molar-refractivity contribution in [3.05, 3.63) is 60.1 Å². The fraction of sp³-hybridized carbons (Fsp3) is 0.267. The van der Waals surface area contributed by atoms with Crippen molar-refractivity contribution in [2.75, 3.05) is 5.32 Å². The van der Waals surface area contributed by atoms with Crippen LogP contribution < -0.4 is 5.32 Å². The van der Waals surface area contributed by atoms with Gasteiger partial charge in [-0.15, -0.1) is 11.3 Å². The summed E-state index contributed by atoms with van der Waals surface area (Å²) >= 11 is 1.72. The number of nitrogens with one attached hydrogen (secondary N) is 3. The van der Waals surface area contributed by atoms with Crippen LogP contribution in [0.4, 0.5) is 5.69 Å². The molecule has 1 saturated carbocycles. The number of anilines is 1. The van der Waals surface area contributed by atoms with Gasteiger partial charge in [-0.25, -0.2) is 4.98 Å². The Balaban J connectivity index is 1.19. The Labute approximate surface area is 234 Å². The van der Waals surface area contributed by atoms with E-state index in [1.54, 1.807) is 36.1 Å². The third-order valence-electron chi connectivity index (χ3n) is 7.59. The first-order chi connectivity index (χ1) is 19.6. The lowest BCUT2D eigenvalue weighted by atomic mass is 9.87. The van der Waals surface area contributed by atoms with Crippen LogP contribution in [0.2, 0.25) is 0 Å². The lowest BCUT2D eigenvalue weighted by molar-refractivity contribution is -0.117. The molecule has 1 aliphatic carbocycles. The first kappa shape index (κ1) is 24.6. The Morgan fingerprint density at radius 2 is 1.90 bits per heavy atom. The monoisotopic (exact) mass is 548 g/mol. The molecule has 0 aromatic carbocycles. The van der Waals surface area contributed by atoms with E-state index in [1.807, 2.05) is 18.3 Å². The second-order valence-corrected chi connectivity index (χ2v) is 11.8. The van der Waals surface area contributed by atoms with E-state index in [0.717, 1.165) is 56.5 Å². The molecule has 0 atom stereocenters. The van der Waals surface area contributed by atoms with E-state index in [4.69, 9.17) is 4.98 Å². The first-order valence-electron chi connectivity index (χ1n) is 13.6. The van der Waals surface area contributed by atoms with Gasteiger partial charge in [-0.3, -0.25) is 24.8 Å². The summed E-state index contributed by atoms with van der Waals surface area (Å²) < 4.78 is 0. The fourth-order valence-corrected chi connectivity index (χ4v) is 6.45. The van der Waals surface area contributed by atoms with Gasteiger partial charge < -0.3 is 10.3 Å². The van der Waals surface area contributed by atoms with E-state index in [-0.39, 0.29) is 5.91 Å². The van der Waals surface area contributed by atoms with Gasteiger partial charge in [-0.1, -0.05) is 19.3 Å². The molecule has 3 N–H and O–H groups in total. The number of fused-ring (bicyclic) bond motifs is 2. The van der Waals surface area contributed by atoms with Crippen LogP contribution >= 0.6 is 11.3 Å². The molecule has 0 spiro atoms. The number of aromatic nitrogens is 7. The Kier molecular flexibility index (Phi) is 6.31. The number of carbonyl (C=O) groups is 1. The van der Waals surface area contributed by atoms with Crippen LogP contribution in [0.3, 0.4) is 0 Å². The number of aromatic amines is 2. The molecule has 9 nitrogen and oxygen atoms in total. The predicted octanol–water partition coefficient (Wildman–Crippen LogP) is 6.90. The largest absolute Gasteiger partial charge is 0.335 e. The van der Waals surface area contributed by atoms with Crippen molar-refractivity contribution < 1.29 is 4.79 Å². The van der Waals surface area contributed by atoms with Crippen LogP contribution in [0.1, 0.15) is 43.4 Å². The number of aryl methyl sites for hydroxylation is 1. The van der Waals surface area contributed by atoms with E-state index in [0.29, 0.717) is 29.5 Å². The van der Waals surface area contributed by atoms with Crippen molar-refractivity contribution in [1.29, 1.82) is 0 Å². The zero-order chi connectivity index (χ0) is 27.1. The second-order valence-electron chi connectivity index (χ2n) is 10.5. The number of carbonyl (C=O) groups excluding carboxylic acids is 1. The lowest BCUT2D eigenvalue weighted by Crippen LogP contribution is -2.18. The van der Waals surface area contributed by atoms with Crippen molar-refractivity contribution in [2.45, 2.75) is 45.4 Å². The van der Waals surface area contributed by atoms with Gasteiger partial charge in [0.1, 0.15) is 11.2 Å². The molecule has 1 aliphatic rings. The molecule has 200 valence electrons. The highest BCUT2D eigenvalue weighted by Gasteiger charge is 2.19. The summed E-state index contributed by atoms with van der Waals surface area (Å²) in [6.07, 6.45) is 15.4. The van der Waals surface area contributed by atoms with E-state index in [9.17, 15) is 4.79 Å². The average Bonchev–Trinajstić information content (AvgIpc) is 3.71. The first-order valence-corrected chi connectivity index (χ1v) is 14.4. The molecule has 7 rings (SSSR count). The number of thiophene rings is 1. The number of imidazole rings is 1. The smallest absolute Gasteiger partial charge is 0.224 e. The maximum Gasteiger partial charge on any atom is 0.224 e. The van der Waals surface area contributed by atoms with Crippen LogP contribution in [0.25, 0.3) is 55.2 Å². The minimum atomic E-state index is 0.0443. The van der Waals surface area contributed by atoms with Gasteiger partial charge in [0.2, 0.25) is 5.91 Å². The zero-order valence-electron chi connectivity index (χ0n) is 22.1. The van der Waals surface area contributed by atoms with Gasteiger partial charge in [-0.05, 0) is 49.9 Å². The molecule has 0 aliphatic heterocycles. The van der Waals surface area contributed by atoms with E-state index < -0.39 is 0 Å². The number of amides is 1. The Morgan fingerprint density at radius 3 is 2.75 bits per heavy atom. The van der Waals surface area contributed by atoms with Crippen molar-refractivity contribution in [2.24, 2.45) is 5.92 Å². The number of nitrogens with zero attached hydrogens (tertiary/aromatic N) is 5. The van der Waals surface area contributed by atoms with Gasteiger partial charge in [-0.2, -0.15) is 5.10 Å². The van der Waals surface area contributed by atoms with Crippen LogP contribution in [-0.4, -0.2) is 41.0 Å². The number of H-pyrrole nitrogens is 2. The molecule has 0 saturated heterocycles. The highest BCUT2D eigenvalue weighted by Crippen LogP contribution is 2.35. The van der Waals surface area contributed by atoms with Crippen molar-refractivity contribution in [1.82, 2.24) is 35.1 Å². The standard InChI is InChI=1S/C30H28N8OS/c1-17-7-8-26(40-17)22-14-32-15-25-28(22)36-30(35-25)29-21-11-23(33-16-24(21)37-38-29)19-10-20(13-31-12-19)34-27(39)9-18-5-3-2-4-6-18/h7-8,10-16,18H,2-6,9H2,1H3,(H,34,39)(H,35,36)(H,37,38). The topological polar surface area (TPSA) is 125 Å². The minimum absolute atomic E-state index is 0.0443. The summed E-state index contributed by atoms with van der Waals surface area (Å²) in [6.45, 7) is 2.09. The highest BCUT2D eigenvalue weighted by molar-refractivity contribution is 7.15. The van der Waals surface area contributed by atoms with Crippen LogP contribution in [0.5, 0.6) is 0 Å². The molecule has 40 heavy (non-hydrogen) atoms. The van der Waals surface area contributed by atoms with Gasteiger partial charge in [0, 0.05) is 45.1 Å². The molecule has 6 heterocycles. The molecule has 1 amide bonds. The van der Waals surface area contributed by atoms with Crippen LogP contribution in [-0.2, 0) is 4.79 Å². The van der Waals surface area contributed by atoms with Gasteiger partial charge in [0.15, 0.2) is 5.82 Å². The summed E-state index contributed by atoms with van der Waals surface area (Å²) in [5, 5.41) is 11.6. The maximum absolute atomic E-state index is 12.7. The molecule has 0 bridgehead atoms. The molecule has 0 unspecified atom stereocenters. The summed E-state index contributed by atoms with van der Waals surface area (Å²) in [5.41, 5.74) is 6.43. The molecular formula is C30H28N8OS. The van der Waals surface area contributed by atoms with Gasteiger partial charge >= 0.3 is 0 Å². The second kappa shape index (κ2) is 10.3. The molecule has 1 fully saturated rings. The van der Waals surface area contributed by atoms with Crippen LogP contribution in [0, 0.1) is 12.8 Å². The normalized spacial score (nSPS) is 14.2. The van der Waals surface area contributed by atoms with Gasteiger partial charge in [0.25, 0.3) is 0 Å². The number of hydrogen-bond acceptors (Lipinski definition) is 7. The Bertz CT molecular complexity index is 1850. The molecule has 6 aromatic rings. The van der Waals surface area contributed by atoms with Crippen molar-refractivity contribution >= 4 is 44.9 Å². The van der Waals surface area contributed by atoms with Crippen molar-refractivity contribution in [3.63, 3.8) is 0 Å². The summed E-state index contributed by atoms with van der Waals surface area (Å²) in [7, 11) is 0. The Morgan fingerprint density at radius 1 is 1.02 bits per heavy atom. The predicted molar refractivity (Wildman–Crippen MR) is 158 cm³/mol. The number of rotatable bonds is 6. The molecular weight excluding hydrogens is 520 g/mol. The Hall–Kier alpha value is -4.44. The zero-order valence-corrected chi connectivity index (χ0v) is 22.9. The maximum atomic E-state index is 12.7. The third-order valence-corrected chi connectivity index (χ3v) is 8.62. The summed E-state index contributed by atoms with van der Waals surface area (Å²) in [5.74, 6) is 1.18. The molecule has 0 radical (unpaired) electrons. The van der Waals surface area contributed by atoms with Gasteiger partial charge in [0.05, 0.1) is 41.0 Å². The van der Waals surface area contributed by atoms with E-state index >= 15 is 0 Å². The molecule has 6 aromatic heterocycles. The van der Waals surface area contributed by atoms with Crippen LogP contribution in [0.15, 0.2) is 55.2 Å². The molecule has 10 heteroatoms. The third kappa shape index (κ3) is 4.75. The van der Waals surface area contributed by atoms with E-state index in [2.05, 4.69) is 54.5 Å². The SMILES string of the molecule is Cc1ccc(-c2cncc3[nH]c(-c4n[nH]c5cnc(-c6cncc(NC(=O)CC7CCCCC7)c6)cc45)nc23)s1. The van der Waals surface area contributed by atoms with E-state index in [1.165, 1.54) is 24.1 Å². The average molecular weight is 549 g/mol. The summed E-state index contributed by atoms with van der Waals surface area (Å²) in [6, 6.07) is 8.11. The minimum Gasteiger partial charge on any atom is -0.335 e. The number of pyridine rings is 3.